The molecule has 0 spiro atoms. The molecular formula is C8H8N2OS. The fraction of sp³-hybridized carbons (Fsp3) is 0.125. The zero-order valence-corrected chi connectivity index (χ0v) is 7.17. The van der Waals surface area contributed by atoms with E-state index in [1.54, 1.807) is 23.9 Å². The van der Waals surface area contributed by atoms with E-state index in [9.17, 15) is 0 Å². The number of rotatable bonds is 2. The first-order valence-electron chi connectivity index (χ1n) is 3.57. The summed E-state index contributed by atoms with van der Waals surface area (Å²) in [7, 11) is 0. The van der Waals surface area contributed by atoms with Gasteiger partial charge in [0.1, 0.15) is 11.3 Å². The smallest absolute Gasteiger partial charge is 0.126 e. The molecule has 2 rings (SSSR count). The molecule has 0 saturated heterocycles. The predicted octanol–water partition coefficient (Wildman–Crippen LogP) is 1.86. The summed E-state index contributed by atoms with van der Waals surface area (Å²) < 4.78 is 4.95. The van der Waals surface area contributed by atoms with Crippen molar-refractivity contribution in [2.75, 3.05) is 0 Å². The molecule has 2 heterocycles. The molecule has 0 saturated carbocycles. The van der Waals surface area contributed by atoms with E-state index in [4.69, 9.17) is 10.2 Å². The quantitative estimate of drug-likeness (QED) is 0.767. The minimum Gasteiger partial charge on any atom is -0.472 e. The predicted molar refractivity (Wildman–Crippen MR) is 47.7 cm³/mol. The average Bonchev–Trinajstić information content (AvgIpc) is 2.75. The Kier molecular flexibility index (Phi) is 1.93. The molecule has 2 aromatic heterocycles. The van der Waals surface area contributed by atoms with Gasteiger partial charge in [0.25, 0.3) is 0 Å². The van der Waals surface area contributed by atoms with Gasteiger partial charge in [0.05, 0.1) is 12.0 Å². The van der Waals surface area contributed by atoms with E-state index >= 15 is 0 Å². The molecule has 62 valence electrons. The number of aromatic nitrogens is 1. The molecule has 0 aromatic carbocycles. The summed E-state index contributed by atoms with van der Waals surface area (Å²) in [6.45, 7) is 0.494. The first-order chi connectivity index (χ1) is 5.90. The Labute approximate surface area is 73.8 Å². The Hall–Kier alpha value is -1.13. The summed E-state index contributed by atoms with van der Waals surface area (Å²) in [4.78, 5) is 4.30. The van der Waals surface area contributed by atoms with E-state index in [2.05, 4.69) is 4.98 Å². The SMILES string of the molecule is NCc1csc(-c2ccoc2)n1. The fourth-order valence-corrected chi connectivity index (χ4v) is 1.74. The standard InChI is InChI=1S/C8H8N2OS/c9-3-7-5-12-8(10-7)6-1-2-11-4-6/h1-2,4-5H,3,9H2. The van der Waals surface area contributed by atoms with Crippen LogP contribution in [0.25, 0.3) is 10.6 Å². The second kappa shape index (κ2) is 3.08. The Morgan fingerprint density at radius 3 is 3.08 bits per heavy atom. The van der Waals surface area contributed by atoms with Crippen molar-refractivity contribution >= 4 is 11.3 Å². The first kappa shape index (κ1) is 7.52. The van der Waals surface area contributed by atoms with E-state index < -0.39 is 0 Å². The van der Waals surface area contributed by atoms with Gasteiger partial charge in [-0.05, 0) is 6.07 Å². The normalized spacial score (nSPS) is 10.4. The van der Waals surface area contributed by atoms with E-state index in [0.717, 1.165) is 16.3 Å². The monoisotopic (exact) mass is 180 g/mol. The highest BCUT2D eigenvalue weighted by molar-refractivity contribution is 7.13. The lowest BCUT2D eigenvalue weighted by Gasteiger charge is -1.85. The van der Waals surface area contributed by atoms with Gasteiger partial charge in [-0.3, -0.25) is 0 Å². The molecular weight excluding hydrogens is 172 g/mol. The molecule has 3 nitrogen and oxygen atoms in total. The largest absolute Gasteiger partial charge is 0.472 e. The second-order valence-corrected chi connectivity index (χ2v) is 3.22. The van der Waals surface area contributed by atoms with Crippen LogP contribution in [0.2, 0.25) is 0 Å². The van der Waals surface area contributed by atoms with Gasteiger partial charge < -0.3 is 10.2 Å². The van der Waals surface area contributed by atoms with Gasteiger partial charge in [0.2, 0.25) is 0 Å². The molecule has 0 fully saturated rings. The Morgan fingerprint density at radius 1 is 1.58 bits per heavy atom. The molecule has 0 bridgehead atoms. The highest BCUT2D eigenvalue weighted by Crippen LogP contribution is 2.23. The van der Waals surface area contributed by atoms with Crippen molar-refractivity contribution in [2.45, 2.75) is 6.54 Å². The first-order valence-corrected chi connectivity index (χ1v) is 4.45. The van der Waals surface area contributed by atoms with Gasteiger partial charge in [-0.1, -0.05) is 0 Å². The van der Waals surface area contributed by atoms with Gasteiger partial charge >= 0.3 is 0 Å². The van der Waals surface area contributed by atoms with Crippen LogP contribution in [0, 0.1) is 0 Å². The second-order valence-electron chi connectivity index (χ2n) is 2.36. The summed E-state index contributed by atoms with van der Waals surface area (Å²) in [6, 6.07) is 1.89. The maximum absolute atomic E-state index is 5.44. The van der Waals surface area contributed by atoms with Crippen molar-refractivity contribution in [2.24, 2.45) is 5.73 Å². The van der Waals surface area contributed by atoms with Crippen molar-refractivity contribution in [3.8, 4) is 10.6 Å². The van der Waals surface area contributed by atoms with Crippen molar-refractivity contribution in [3.63, 3.8) is 0 Å². The highest BCUT2D eigenvalue weighted by atomic mass is 32.1. The molecule has 0 unspecified atom stereocenters. The van der Waals surface area contributed by atoms with Crippen LogP contribution >= 0.6 is 11.3 Å². The van der Waals surface area contributed by atoms with Gasteiger partial charge in [0, 0.05) is 17.5 Å². The highest BCUT2D eigenvalue weighted by Gasteiger charge is 2.03. The zero-order chi connectivity index (χ0) is 8.39. The van der Waals surface area contributed by atoms with Crippen LogP contribution in [0.1, 0.15) is 5.69 Å². The number of hydrogen-bond acceptors (Lipinski definition) is 4. The third kappa shape index (κ3) is 1.26. The van der Waals surface area contributed by atoms with Crippen LogP contribution < -0.4 is 5.73 Å². The van der Waals surface area contributed by atoms with Crippen LogP contribution in [-0.2, 0) is 6.54 Å². The number of hydrogen-bond donors (Lipinski definition) is 1. The zero-order valence-electron chi connectivity index (χ0n) is 6.36. The summed E-state index contributed by atoms with van der Waals surface area (Å²) >= 11 is 1.58. The van der Waals surface area contributed by atoms with Crippen molar-refractivity contribution in [1.29, 1.82) is 0 Å². The van der Waals surface area contributed by atoms with Crippen molar-refractivity contribution in [1.82, 2.24) is 4.98 Å². The van der Waals surface area contributed by atoms with E-state index in [-0.39, 0.29) is 0 Å². The van der Waals surface area contributed by atoms with Crippen LogP contribution in [0.5, 0.6) is 0 Å². The third-order valence-corrected chi connectivity index (χ3v) is 2.47. The number of thiazole rings is 1. The molecule has 4 heteroatoms. The van der Waals surface area contributed by atoms with Gasteiger partial charge in [-0.25, -0.2) is 4.98 Å². The number of nitrogens with two attached hydrogens (primary N) is 1. The van der Waals surface area contributed by atoms with Crippen LogP contribution in [0.3, 0.4) is 0 Å². The Morgan fingerprint density at radius 2 is 2.50 bits per heavy atom. The van der Waals surface area contributed by atoms with Gasteiger partial charge in [-0.15, -0.1) is 11.3 Å². The molecule has 2 aromatic rings. The van der Waals surface area contributed by atoms with E-state index in [1.807, 2.05) is 11.4 Å². The molecule has 0 amide bonds. The average molecular weight is 180 g/mol. The molecule has 0 aliphatic heterocycles. The maximum Gasteiger partial charge on any atom is 0.126 e. The summed E-state index contributed by atoms with van der Waals surface area (Å²) in [5.74, 6) is 0. The topological polar surface area (TPSA) is 52.0 Å². The molecule has 0 radical (unpaired) electrons. The summed E-state index contributed by atoms with van der Waals surface area (Å²) in [5, 5.41) is 2.92. The molecule has 0 aliphatic rings. The lowest BCUT2D eigenvalue weighted by molar-refractivity contribution is 0.568. The van der Waals surface area contributed by atoms with Crippen molar-refractivity contribution in [3.05, 3.63) is 29.7 Å². The minimum absolute atomic E-state index is 0.494. The lowest BCUT2D eigenvalue weighted by Crippen LogP contribution is -1.95. The molecule has 12 heavy (non-hydrogen) atoms. The molecule has 2 N–H and O–H groups in total. The minimum atomic E-state index is 0.494. The number of nitrogens with zero attached hydrogens (tertiary/aromatic N) is 1. The van der Waals surface area contributed by atoms with Gasteiger partial charge in [0.15, 0.2) is 0 Å². The van der Waals surface area contributed by atoms with Crippen LogP contribution in [-0.4, -0.2) is 4.98 Å². The Balaban J connectivity index is 2.35. The van der Waals surface area contributed by atoms with Crippen LogP contribution in [0.15, 0.2) is 28.4 Å². The van der Waals surface area contributed by atoms with Crippen molar-refractivity contribution < 1.29 is 4.42 Å². The molecule has 0 atom stereocenters. The van der Waals surface area contributed by atoms with Gasteiger partial charge in [-0.2, -0.15) is 0 Å². The third-order valence-electron chi connectivity index (χ3n) is 1.53. The summed E-state index contributed by atoms with van der Waals surface area (Å²) in [5.41, 5.74) is 7.38. The maximum atomic E-state index is 5.44. The lowest BCUT2D eigenvalue weighted by atomic mass is 10.3. The summed E-state index contributed by atoms with van der Waals surface area (Å²) in [6.07, 6.45) is 3.32. The number of furan rings is 1. The van der Waals surface area contributed by atoms with E-state index in [0.29, 0.717) is 6.54 Å². The van der Waals surface area contributed by atoms with E-state index in [1.165, 1.54) is 0 Å². The Bertz CT molecular complexity index is 353. The molecule has 0 aliphatic carbocycles. The fourth-order valence-electron chi connectivity index (χ4n) is 0.919. The van der Waals surface area contributed by atoms with Crippen LogP contribution in [0.4, 0.5) is 0 Å².